The van der Waals surface area contributed by atoms with Gasteiger partial charge in [-0.05, 0) is 42.5 Å². The number of anilines is 2. The van der Waals surface area contributed by atoms with Gasteiger partial charge < -0.3 is 5.32 Å². The molecule has 3 amide bonds. The molecular weight excluding hydrogens is 362 g/mol. The van der Waals surface area contributed by atoms with E-state index in [4.69, 9.17) is 0 Å². The molecule has 26 heavy (non-hydrogen) atoms. The molecule has 1 fully saturated rings. The molecule has 1 aliphatic heterocycles. The van der Waals surface area contributed by atoms with E-state index >= 15 is 0 Å². The molecule has 0 aromatic heterocycles. The van der Waals surface area contributed by atoms with Gasteiger partial charge in [0, 0.05) is 12.1 Å². The van der Waals surface area contributed by atoms with Crippen molar-refractivity contribution in [1.29, 1.82) is 0 Å². The van der Waals surface area contributed by atoms with Crippen molar-refractivity contribution in [1.82, 2.24) is 0 Å². The Bertz CT molecular complexity index is 858. The highest BCUT2D eigenvalue weighted by Crippen LogP contribution is 2.29. The van der Waals surface area contributed by atoms with E-state index in [1.807, 2.05) is 0 Å². The van der Waals surface area contributed by atoms with E-state index in [9.17, 15) is 23.2 Å². The molecule has 0 radical (unpaired) electrons. The second kappa shape index (κ2) is 7.65. The molecule has 1 atom stereocenters. The Balaban J connectivity index is 1.59. The van der Waals surface area contributed by atoms with Gasteiger partial charge in [-0.1, -0.05) is 6.07 Å². The Kier molecular flexibility index (Phi) is 5.32. The van der Waals surface area contributed by atoms with Crippen LogP contribution in [-0.4, -0.2) is 28.7 Å². The molecule has 2 aromatic carbocycles. The van der Waals surface area contributed by atoms with Crippen molar-refractivity contribution in [2.45, 2.75) is 11.7 Å². The summed E-state index contributed by atoms with van der Waals surface area (Å²) in [7, 11) is 0. The van der Waals surface area contributed by atoms with Crippen LogP contribution in [0, 0.1) is 11.6 Å². The third kappa shape index (κ3) is 4.08. The van der Waals surface area contributed by atoms with Gasteiger partial charge in [0.2, 0.25) is 17.7 Å². The molecule has 1 saturated heterocycles. The molecule has 8 heteroatoms. The molecule has 1 heterocycles. The van der Waals surface area contributed by atoms with Crippen LogP contribution in [0.3, 0.4) is 0 Å². The molecular formula is C18H14F2N2O3S. The second-order valence-corrected chi connectivity index (χ2v) is 6.80. The largest absolute Gasteiger partial charge is 0.325 e. The van der Waals surface area contributed by atoms with E-state index in [1.165, 1.54) is 42.5 Å². The summed E-state index contributed by atoms with van der Waals surface area (Å²) in [6.07, 6.45) is -0.0336. The molecule has 5 nitrogen and oxygen atoms in total. The first-order valence-corrected chi connectivity index (χ1v) is 8.78. The standard InChI is InChI=1S/C18H14F2N2O3S/c19-11-4-6-14(7-5-11)22-17(24)9-15(18(22)25)26-10-16(23)21-13-3-1-2-12(20)8-13/h1-8,15H,9-10H2,(H,21,23). The Morgan fingerprint density at radius 2 is 1.85 bits per heavy atom. The third-order valence-electron chi connectivity index (χ3n) is 3.71. The molecule has 1 aliphatic rings. The monoisotopic (exact) mass is 376 g/mol. The summed E-state index contributed by atoms with van der Waals surface area (Å²) in [4.78, 5) is 37.5. The van der Waals surface area contributed by atoms with Crippen molar-refractivity contribution in [3.05, 3.63) is 60.2 Å². The van der Waals surface area contributed by atoms with Crippen molar-refractivity contribution >= 4 is 40.9 Å². The van der Waals surface area contributed by atoms with Crippen LogP contribution in [0.2, 0.25) is 0 Å². The molecule has 0 bridgehead atoms. The van der Waals surface area contributed by atoms with Gasteiger partial charge >= 0.3 is 0 Å². The number of thioether (sulfide) groups is 1. The normalized spacial score (nSPS) is 16.8. The van der Waals surface area contributed by atoms with Gasteiger partial charge in [0.05, 0.1) is 16.7 Å². The molecule has 3 rings (SSSR count). The van der Waals surface area contributed by atoms with Crippen LogP contribution in [0.5, 0.6) is 0 Å². The number of nitrogens with zero attached hydrogens (tertiary/aromatic N) is 1. The van der Waals surface area contributed by atoms with Crippen LogP contribution in [0.4, 0.5) is 20.2 Å². The quantitative estimate of drug-likeness (QED) is 0.815. The predicted octanol–water partition coefficient (Wildman–Crippen LogP) is 2.97. The van der Waals surface area contributed by atoms with Gasteiger partial charge in [-0.2, -0.15) is 0 Å². The third-order valence-corrected chi connectivity index (χ3v) is 4.91. The van der Waals surface area contributed by atoms with E-state index in [1.54, 1.807) is 6.07 Å². The fraction of sp³-hybridized carbons (Fsp3) is 0.167. The first kappa shape index (κ1) is 18.1. The molecule has 134 valence electrons. The van der Waals surface area contributed by atoms with Gasteiger partial charge in [-0.3, -0.25) is 14.4 Å². The van der Waals surface area contributed by atoms with E-state index in [2.05, 4.69) is 5.32 Å². The molecule has 0 spiro atoms. The second-order valence-electron chi connectivity index (χ2n) is 5.61. The van der Waals surface area contributed by atoms with Gasteiger partial charge in [0.1, 0.15) is 11.6 Å². The number of rotatable bonds is 5. The minimum absolute atomic E-state index is 0.0336. The van der Waals surface area contributed by atoms with E-state index in [0.717, 1.165) is 16.7 Å². The highest BCUT2D eigenvalue weighted by atomic mass is 32.2. The summed E-state index contributed by atoms with van der Waals surface area (Å²) in [6, 6.07) is 10.5. The number of nitrogens with one attached hydrogen (secondary N) is 1. The smallest absolute Gasteiger partial charge is 0.247 e. The van der Waals surface area contributed by atoms with Crippen molar-refractivity contribution in [2.24, 2.45) is 0 Å². The number of amides is 3. The van der Waals surface area contributed by atoms with Crippen molar-refractivity contribution in [2.75, 3.05) is 16.0 Å². The maximum absolute atomic E-state index is 13.1. The van der Waals surface area contributed by atoms with Crippen LogP contribution in [-0.2, 0) is 14.4 Å². The lowest BCUT2D eigenvalue weighted by Gasteiger charge is -2.14. The van der Waals surface area contributed by atoms with Crippen LogP contribution in [0.25, 0.3) is 0 Å². The van der Waals surface area contributed by atoms with Gasteiger partial charge in [0.15, 0.2) is 0 Å². The summed E-state index contributed by atoms with van der Waals surface area (Å²) in [6.45, 7) is 0. The Labute approximate surface area is 152 Å². The maximum atomic E-state index is 13.1. The number of hydrogen-bond acceptors (Lipinski definition) is 4. The summed E-state index contributed by atoms with van der Waals surface area (Å²) in [5.74, 6) is -2.23. The number of halogens is 2. The maximum Gasteiger partial charge on any atom is 0.247 e. The average Bonchev–Trinajstić information content (AvgIpc) is 2.88. The molecule has 1 unspecified atom stereocenters. The molecule has 2 aromatic rings. The lowest BCUT2D eigenvalue weighted by Crippen LogP contribution is -2.31. The van der Waals surface area contributed by atoms with Crippen LogP contribution in [0.15, 0.2) is 48.5 Å². The summed E-state index contributed by atoms with van der Waals surface area (Å²) >= 11 is 1.04. The van der Waals surface area contributed by atoms with Crippen molar-refractivity contribution in [3.63, 3.8) is 0 Å². The van der Waals surface area contributed by atoms with E-state index in [-0.39, 0.29) is 12.2 Å². The highest BCUT2D eigenvalue weighted by Gasteiger charge is 2.40. The first-order chi connectivity index (χ1) is 12.4. The molecule has 0 aliphatic carbocycles. The fourth-order valence-electron chi connectivity index (χ4n) is 2.54. The summed E-state index contributed by atoms with van der Waals surface area (Å²) in [5, 5.41) is 1.84. The van der Waals surface area contributed by atoms with E-state index in [0.29, 0.717) is 11.4 Å². The zero-order valence-corrected chi connectivity index (χ0v) is 14.3. The summed E-state index contributed by atoms with van der Waals surface area (Å²) < 4.78 is 26.1. The van der Waals surface area contributed by atoms with Crippen molar-refractivity contribution < 1.29 is 23.2 Å². The number of carbonyl (C=O) groups is 3. The minimum Gasteiger partial charge on any atom is -0.325 e. The number of carbonyl (C=O) groups excluding carboxylic acids is 3. The topological polar surface area (TPSA) is 66.5 Å². The zero-order chi connectivity index (χ0) is 18.7. The Hall–Kier alpha value is -2.74. The lowest BCUT2D eigenvalue weighted by atomic mass is 10.3. The minimum atomic E-state index is -0.689. The van der Waals surface area contributed by atoms with E-state index < -0.39 is 34.6 Å². The predicted molar refractivity (Wildman–Crippen MR) is 94.8 cm³/mol. The van der Waals surface area contributed by atoms with Gasteiger partial charge in [-0.25, -0.2) is 13.7 Å². The van der Waals surface area contributed by atoms with Gasteiger partial charge in [-0.15, -0.1) is 11.8 Å². The van der Waals surface area contributed by atoms with Gasteiger partial charge in [0.25, 0.3) is 0 Å². The van der Waals surface area contributed by atoms with Crippen LogP contribution < -0.4 is 10.2 Å². The lowest BCUT2D eigenvalue weighted by molar-refractivity contribution is -0.121. The molecule has 0 saturated carbocycles. The van der Waals surface area contributed by atoms with Crippen LogP contribution >= 0.6 is 11.8 Å². The SMILES string of the molecule is O=C(CSC1CC(=O)N(c2ccc(F)cc2)C1=O)Nc1cccc(F)c1. The van der Waals surface area contributed by atoms with Crippen molar-refractivity contribution in [3.8, 4) is 0 Å². The first-order valence-electron chi connectivity index (χ1n) is 7.73. The number of benzene rings is 2. The number of hydrogen-bond donors (Lipinski definition) is 1. The summed E-state index contributed by atoms with van der Waals surface area (Å²) in [5.41, 5.74) is 0.617. The number of imide groups is 1. The highest BCUT2D eigenvalue weighted by molar-refractivity contribution is 8.01. The average molecular weight is 376 g/mol. The fourth-order valence-corrected chi connectivity index (χ4v) is 3.47. The molecule has 1 N–H and O–H groups in total. The Morgan fingerprint density at radius 1 is 1.12 bits per heavy atom. The van der Waals surface area contributed by atoms with Crippen LogP contribution in [0.1, 0.15) is 6.42 Å². The zero-order valence-electron chi connectivity index (χ0n) is 13.4. The Morgan fingerprint density at radius 3 is 2.54 bits per heavy atom.